The highest BCUT2D eigenvalue weighted by atomic mass is 32.1. The smallest absolute Gasteiger partial charge is 0.345 e. The number of nitrogens with one attached hydrogen (secondary N) is 1. The second-order valence-electron chi connectivity index (χ2n) is 3.29. The molecule has 0 unspecified atom stereocenters. The summed E-state index contributed by atoms with van der Waals surface area (Å²) in [6.45, 7) is 0. The fourth-order valence-corrected chi connectivity index (χ4v) is 2.37. The third-order valence-electron chi connectivity index (χ3n) is 2.27. The maximum atomic E-state index is 10.8. The summed E-state index contributed by atoms with van der Waals surface area (Å²) in [6, 6.07) is 3.29. The Kier molecular flexibility index (Phi) is 2.12. The number of H-pyrrole nitrogens is 1. The topological polar surface area (TPSA) is 91.8 Å². The first-order chi connectivity index (χ1) is 8.25. The van der Waals surface area contributed by atoms with Crippen molar-refractivity contribution in [3.8, 4) is 10.6 Å². The number of carbonyl (C=O) groups is 1. The van der Waals surface area contributed by atoms with E-state index in [1.165, 1.54) is 24.0 Å². The molecular formula is C10H6N4O2S. The molecule has 17 heavy (non-hydrogen) atoms. The van der Waals surface area contributed by atoms with Gasteiger partial charge in [-0.3, -0.25) is 0 Å². The lowest BCUT2D eigenvalue weighted by Crippen LogP contribution is -1.89. The van der Waals surface area contributed by atoms with E-state index in [1.807, 2.05) is 0 Å². The molecule has 3 aromatic rings. The van der Waals surface area contributed by atoms with Crippen molar-refractivity contribution >= 4 is 28.5 Å². The number of imidazole rings is 1. The van der Waals surface area contributed by atoms with Gasteiger partial charge in [-0.15, -0.1) is 11.3 Å². The zero-order valence-corrected chi connectivity index (χ0v) is 9.23. The molecule has 0 aromatic carbocycles. The van der Waals surface area contributed by atoms with Crippen molar-refractivity contribution in [1.82, 2.24) is 19.9 Å². The van der Waals surface area contributed by atoms with Crippen molar-refractivity contribution < 1.29 is 9.90 Å². The van der Waals surface area contributed by atoms with Crippen LogP contribution in [0.1, 0.15) is 9.67 Å². The zero-order chi connectivity index (χ0) is 11.8. The number of hydrogen-bond donors (Lipinski definition) is 2. The summed E-state index contributed by atoms with van der Waals surface area (Å²) < 4.78 is 0. The Balaban J connectivity index is 2.19. The number of rotatable bonds is 2. The van der Waals surface area contributed by atoms with Crippen LogP contribution in [0.25, 0.3) is 21.7 Å². The van der Waals surface area contributed by atoms with Gasteiger partial charge >= 0.3 is 5.97 Å². The van der Waals surface area contributed by atoms with E-state index in [9.17, 15) is 4.79 Å². The van der Waals surface area contributed by atoms with E-state index < -0.39 is 5.97 Å². The average Bonchev–Trinajstić information content (AvgIpc) is 2.97. The molecule has 0 atom stereocenters. The lowest BCUT2D eigenvalue weighted by atomic mass is 10.3. The van der Waals surface area contributed by atoms with Crippen LogP contribution in [-0.4, -0.2) is 31.0 Å². The van der Waals surface area contributed by atoms with E-state index in [-0.39, 0.29) is 4.88 Å². The Labute approximate surface area is 99.0 Å². The largest absolute Gasteiger partial charge is 0.477 e. The number of nitrogens with zero attached hydrogens (tertiary/aromatic N) is 3. The summed E-state index contributed by atoms with van der Waals surface area (Å²) in [6.07, 6.45) is 2.96. The summed E-state index contributed by atoms with van der Waals surface area (Å²) in [5, 5.41) is 8.87. The fraction of sp³-hybridized carbons (Fsp3) is 0. The molecule has 0 spiro atoms. The third kappa shape index (κ3) is 1.56. The van der Waals surface area contributed by atoms with Gasteiger partial charge in [-0.05, 0) is 12.1 Å². The highest BCUT2D eigenvalue weighted by molar-refractivity contribution is 7.17. The second kappa shape index (κ2) is 3.63. The summed E-state index contributed by atoms with van der Waals surface area (Å²) in [7, 11) is 0. The zero-order valence-electron chi connectivity index (χ0n) is 8.41. The van der Waals surface area contributed by atoms with E-state index in [0.717, 1.165) is 4.88 Å². The maximum Gasteiger partial charge on any atom is 0.345 e. The average molecular weight is 246 g/mol. The molecule has 3 rings (SSSR count). The molecule has 0 saturated carbocycles. The van der Waals surface area contributed by atoms with E-state index in [1.54, 1.807) is 12.1 Å². The van der Waals surface area contributed by atoms with E-state index in [0.29, 0.717) is 16.9 Å². The number of hydrogen-bond acceptors (Lipinski definition) is 5. The number of aromatic amines is 1. The molecule has 3 heterocycles. The number of aromatic nitrogens is 4. The first-order valence-corrected chi connectivity index (χ1v) is 5.55. The number of carboxylic acids is 1. The Morgan fingerprint density at radius 3 is 2.94 bits per heavy atom. The minimum absolute atomic E-state index is 0.280. The van der Waals surface area contributed by atoms with Crippen LogP contribution in [0.2, 0.25) is 0 Å². The van der Waals surface area contributed by atoms with Gasteiger partial charge in [0, 0.05) is 0 Å². The normalized spacial score (nSPS) is 10.8. The van der Waals surface area contributed by atoms with Crippen LogP contribution in [0.3, 0.4) is 0 Å². The van der Waals surface area contributed by atoms with Gasteiger partial charge in [0.05, 0.1) is 11.2 Å². The predicted molar refractivity (Wildman–Crippen MR) is 62.0 cm³/mol. The van der Waals surface area contributed by atoms with Crippen LogP contribution in [-0.2, 0) is 0 Å². The SMILES string of the molecule is O=C(O)c1ccc(-c2ncnc3[nH]cnc23)s1. The van der Waals surface area contributed by atoms with Crippen molar-refractivity contribution in [3.63, 3.8) is 0 Å². The first kappa shape index (κ1) is 9.91. The van der Waals surface area contributed by atoms with Crippen LogP contribution in [0, 0.1) is 0 Å². The third-order valence-corrected chi connectivity index (χ3v) is 3.35. The molecule has 0 aliphatic carbocycles. The summed E-state index contributed by atoms with van der Waals surface area (Å²) >= 11 is 1.17. The lowest BCUT2D eigenvalue weighted by molar-refractivity contribution is 0.0702. The predicted octanol–water partition coefficient (Wildman–Crippen LogP) is 1.78. The van der Waals surface area contributed by atoms with Gasteiger partial charge < -0.3 is 10.1 Å². The minimum atomic E-state index is -0.937. The molecular weight excluding hydrogens is 240 g/mol. The molecule has 0 aliphatic heterocycles. The first-order valence-electron chi connectivity index (χ1n) is 4.73. The second-order valence-corrected chi connectivity index (χ2v) is 4.37. The minimum Gasteiger partial charge on any atom is -0.477 e. The highest BCUT2D eigenvalue weighted by Crippen LogP contribution is 2.29. The van der Waals surface area contributed by atoms with Crippen molar-refractivity contribution in [1.29, 1.82) is 0 Å². The monoisotopic (exact) mass is 246 g/mol. The van der Waals surface area contributed by atoms with E-state index >= 15 is 0 Å². The quantitative estimate of drug-likeness (QED) is 0.719. The molecule has 0 radical (unpaired) electrons. The van der Waals surface area contributed by atoms with Gasteiger partial charge in [0.25, 0.3) is 0 Å². The van der Waals surface area contributed by atoms with Crippen LogP contribution in [0.15, 0.2) is 24.8 Å². The molecule has 0 fully saturated rings. The molecule has 0 amide bonds. The number of fused-ring (bicyclic) bond motifs is 1. The molecule has 7 heteroatoms. The Bertz CT molecular complexity index is 703. The standard InChI is InChI=1S/C10H6N4O2S/c15-10(16)6-2-1-5(17-6)7-8-9(13-3-11-7)14-4-12-8/h1-4H,(H,15,16)(H,11,12,13,14). The van der Waals surface area contributed by atoms with Crippen molar-refractivity contribution in [2.45, 2.75) is 0 Å². The maximum absolute atomic E-state index is 10.8. The van der Waals surface area contributed by atoms with Gasteiger partial charge in [0.2, 0.25) is 0 Å². The van der Waals surface area contributed by atoms with Crippen molar-refractivity contribution in [3.05, 3.63) is 29.7 Å². The van der Waals surface area contributed by atoms with Crippen LogP contribution in [0.5, 0.6) is 0 Å². The lowest BCUT2D eigenvalue weighted by Gasteiger charge is -1.96. The van der Waals surface area contributed by atoms with Crippen molar-refractivity contribution in [2.24, 2.45) is 0 Å². The fourth-order valence-electron chi connectivity index (χ4n) is 1.53. The molecule has 84 valence electrons. The van der Waals surface area contributed by atoms with Crippen LogP contribution >= 0.6 is 11.3 Å². The number of aromatic carboxylic acids is 1. The molecule has 0 aliphatic rings. The van der Waals surface area contributed by atoms with Crippen LogP contribution < -0.4 is 0 Å². The highest BCUT2D eigenvalue weighted by Gasteiger charge is 2.13. The molecule has 3 aromatic heterocycles. The Morgan fingerprint density at radius 1 is 1.29 bits per heavy atom. The molecule has 6 nitrogen and oxygen atoms in total. The van der Waals surface area contributed by atoms with E-state index in [2.05, 4.69) is 19.9 Å². The number of thiophene rings is 1. The molecule has 0 saturated heterocycles. The summed E-state index contributed by atoms with van der Waals surface area (Å²) in [5.41, 5.74) is 1.93. The van der Waals surface area contributed by atoms with Crippen LogP contribution in [0.4, 0.5) is 0 Å². The van der Waals surface area contributed by atoms with Gasteiger partial charge in [0.15, 0.2) is 5.65 Å². The van der Waals surface area contributed by atoms with Gasteiger partial charge in [-0.25, -0.2) is 19.7 Å². The summed E-state index contributed by atoms with van der Waals surface area (Å²) in [4.78, 5) is 27.0. The summed E-state index contributed by atoms with van der Waals surface area (Å²) in [5.74, 6) is -0.937. The molecule has 2 N–H and O–H groups in total. The number of carboxylic acid groups (broad SMARTS) is 1. The van der Waals surface area contributed by atoms with Gasteiger partial charge in [-0.2, -0.15) is 0 Å². The van der Waals surface area contributed by atoms with E-state index in [4.69, 9.17) is 5.11 Å². The van der Waals surface area contributed by atoms with Gasteiger partial charge in [0.1, 0.15) is 22.4 Å². The Morgan fingerprint density at radius 2 is 2.18 bits per heavy atom. The Hall–Kier alpha value is -2.28. The molecule has 0 bridgehead atoms. The van der Waals surface area contributed by atoms with Crippen molar-refractivity contribution in [2.75, 3.05) is 0 Å². The van der Waals surface area contributed by atoms with Gasteiger partial charge in [-0.1, -0.05) is 0 Å².